The van der Waals surface area contributed by atoms with Gasteiger partial charge >= 0.3 is 0 Å². The van der Waals surface area contributed by atoms with Gasteiger partial charge in [0, 0.05) is 6.20 Å². The molecule has 1 aromatic heterocycles. The van der Waals surface area contributed by atoms with Gasteiger partial charge in [-0.25, -0.2) is 0 Å². The first-order valence-electron chi connectivity index (χ1n) is 6.33. The van der Waals surface area contributed by atoms with E-state index in [0.29, 0.717) is 12.2 Å². The summed E-state index contributed by atoms with van der Waals surface area (Å²) in [6, 6.07) is -0.445. The highest BCUT2D eigenvalue weighted by molar-refractivity contribution is 5.94. The number of amides is 2. The van der Waals surface area contributed by atoms with Gasteiger partial charge in [-0.1, -0.05) is 13.8 Å². The Labute approximate surface area is 112 Å². The molecular formula is C13H18N4O2. The molecule has 1 saturated heterocycles. The Kier molecular flexibility index (Phi) is 3.78. The second-order valence-corrected chi connectivity index (χ2v) is 5.13. The maximum atomic E-state index is 12.2. The number of carbonyl (C=O) groups is 2. The summed E-state index contributed by atoms with van der Waals surface area (Å²) in [6.45, 7) is 6.08. The Morgan fingerprint density at radius 3 is 2.68 bits per heavy atom. The van der Waals surface area contributed by atoms with Crippen molar-refractivity contribution in [3.63, 3.8) is 0 Å². The summed E-state index contributed by atoms with van der Waals surface area (Å²) in [4.78, 5) is 33.8. The highest BCUT2D eigenvalue weighted by atomic mass is 16.2. The molecule has 6 nitrogen and oxygen atoms in total. The van der Waals surface area contributed by atoms with Crippen LogP contribution in [0.2, 0.25) is 0 Å². The van der Waals surface area contributed by atoms with Crippen molar-refractivity contribution in [3.05, 3.63) is 23.8 Å². The van der Waals surface area contributed by atoms with E-state index in [2.05, 4.69) is 15.3 Å². The van der Waals surface area contributed by atoms with E-state index in [1.165, 1.54) is 4.90 Å². The molecule has 19 heavy (non-hydrogen) atoms. The smallest absolute Gasteiger partial charge is 0.246 e. The van der Waals surface area contributed by atoms with Gasteiger partial charge in [-0.2, -0.15) is 0 Å². The van der Waals surface area contributed by atoms with Gasteiger partial charge in [0.05, 0.1) is 24.1 Å². The Morgan fingerprint density at radius 2 is 2.11 bits per heavy atom. The van der Waals surface area contributed by atoms with Crippen molar-refractivity contribution in [2.75, 3.05) is 6.54 Å². The molecule has 1 aliphatic rings. The summed E-state index contributed by atoms with van der Waals surface area (Å²) >= 11 is 0. The number of hydrogen-bond donors (Lipinski definition) is 1. The van der Waals surface area contributed by atoms with Crippen LogP contribution in [0.15, 0.2) is 12.4 Å². The van der Waals surface area contributed by atoms with Crippen LogP contribution in [0.1, 0.15) is 25.2 Å². The van der Waals surface area contributed by atoms with E-state index < -0.39 is 6.04 Å². The zero-order valence-electron chi connectivity index (χ0n) is 11.4. The summed E-state index contributed by atoms with van der Waals surface area (Å²) in [7, 11) is 0. The molecule has 2 amide bonds. The second kappa shape index (κ2) is 5.34. The monoisotopic (exact) mass is 262 g/mol. The van der Waals surface area contributed by atoms with E-state index in [0.717, 1.165) is 5.69 Å². The van der Waals surface area contributed by atoms with E-state index in [9.17, 15) is 9.59 Å². The lowest BCUT2D eigenvalue weighted by atomic mass is 10.0. The van der Waals surface area contributed by atoms with Gasteiger partial charge in [0.2, 0.25) is 11.8 Å². The highest BCUT2D eigenvalue weighted by Gasteiger charge is 2.34. The van der Waals surface area contributed by atoms with Crippen molar-refractivity contribution in [3.8, 4) is 0 Å². The van der Waals surface area contributed by atoms with Crippen molar-refractivity contribution in [1.29, 1.82) is 0 Å². The molecule has 0 spiro atoms. The second-order valence-electron chi connectivity index (χ2n) is 5.13. The van der Waals surface area contributed by atoms with Crippen LogP contribution in [0.25, 0.3) is 0 Å². The van der Waals surface area contributed by atoms with Gasteiger partial charge in [-0.3, -0.25) is 19.6 Å². The van der Waals surface area contributed by atoms with Crippen LogP contribution < -0.4 is 5.32 Å². The lowest BCUT2D eigenvalue weighted by Gasteiger charge is -2.34. The number of rotatable bonds is 3. The van der Waals surface area contributed by atoms with Crippen LogP contribution in [0.5, 0.6) is 0 Å². The molecule has 0 radical (unpaired) electrons. The predicted molar refractivity (Wildman–Crippen MR) is 69.0 cm³/mol. The third-order valence-electron chi connectivity index (χ3n) is 3.08. The zero-order chi connectivity index (χ0) is 14.0. The lowest BCUT2D eigenvalue weighted by molar-refractivity contribution is -0.146. The number of aromatic nitrogens is 2. The molecule has 1 aromatic rings. The molecule has 102 valence electrons. The van der Waals surface area contributed by atoms with Crippen molar-refractivity contribution >= 4 is 11.8 Å². The van der Waals surface area contributed by atoms with Crippen LogP contribution in [-0.2, 0) is 16.1 Å². The molecular weight excluding hydrogens is 244 g/mol. The molecule has 2 rings (SSSR count). The number of piperazine rings is 1. The summed E-state index contributed by atoms with van der Waals surface area (Å²) in [5.41, 5.74) is 1.52. The molecule has 1 fully saturated rings. The number of aryl methyl sites for hydroxylation is 1. The normalized spacial score (nSPS) is 19.8. The van der Waals surface area contributed by atoms with Crippen LogP contribution in [0.3, 0.4) is 0 Å². The van der Waals surface area contributed by atoms with E-state index in [4.69, 9.17) is 0 Å². The Hall–Kier alpha value is -1.98. The molecule has 1 atom stereocenters. The maximum Gasteiger partial charge on any atom is 0.246 e. The minimum atomic E-state index is -0.445. The average molecular weight is 262 g/mol. The third kappa shape index (κ3) is 3.07. The Morgan fingerprint density at radius 1 is 1.37 bits per heavy atom. The zero-order valence-corrected chi connectivity index (χ0v) is 11.4. The molecule has 2 heterocycles. The van der Waals surface area contributed by atoms with E-state index in [1.807, 2.05) is 20.8 Å². The van der Waals surface area contributed by atoms with Gasteiger partial charge in [0.1, 0.15) is 12.6 Å². The SMILES string of the molecule is Cc1cnc(CN2CC(=O)NC(C(C)C)C2=O)cn1. The fraction of sp³-hybridized carbons (Fsp3) is 0.538. The number of carbonyl (C=O) groups excluding carboxylic acids is 2. The fourth-order valence-electron chi connectivity index (χ4n) is 2.01. The summed E-state index contributed by atoms with van der Waals surface area (Å²) in [6.07, 6.45) is 3.29. The average Bonchev–Trinajstić information content (AvgIpc) is 2.35. The number of hydrogen-bond acceptors (Lipinski definition) is 4. The quantitative estimate of drug-likeness (QED) is 0.848. The predicted octanol–water partition coefficient (Wildman–Crippen LogP) is 0.268. The van der Waals surface area contributed by atoms with Gasteiger partial charge in [-0.15, -0.1) is 0 Å². The van der Waals surface area contributed by atoms with Crippen molar-refractivity contribution < 1.29 is 9.59 Å². The first-order chi connectivity index (χ1) is 8.97. The molecule has 1 N–H and O–H groups in total. The fourth-order valence-corrected chi connectivity index (χ4v) is 2.01. The maximum absolute atomic E-state index is 12.2. The Bertz CT molecular complexity index is 484. The van der Waals surface area contributed by atoms with Crippen molar-refractivity contribution in [2.24, 2.45) is 5.92 Å². The summed E-state index contributed by atoms with van der Waals surface area (Å²) < 4.78 is 0. The topological polar surface area (TPSA) is 75.2 Å². The first kappa shape index (κ1) is 13.5. The Balaban J connectivity index is 2.12. The van der Waals surface area contributed by atoms with Crippen molar-refractivity contribution in [2.45, 2.75) is 33.4 Å². The minimum absolute atomic E-state index is 0.0584. The number of nitrogens with one attached hydrogen (secondary N) is 1. The molecule has 6 heteroatoms. The lowest BCUT2D eigenvalue weighted by Crippen LogP contribution is -2.59. The van der Waals surface area contributed by atoms with E-state index in [1.54, 1.807) is 12.4 Å². The molecule has 1 unspecified atom stereocenters. The van der Waals surface area contributed by atoms with Crippen LogP contribution >= 0.6 is 0 Å². The van der Waals surface area contributed by atoms with Crippen molar-refractivity contribution in [1.82, 2.24) is 20.2 Å². The molecule has 0 bridgehead atoms. The minimum Gasteiger partial charge on any atom is -0.343 e. The van der Waals surface area contributed by atoms with Gasteiger partial charge in [0.15, 0.2) is 0 Å². The van der Waals surface area contributed by atoms with E-state index in [-0.39, 0.29) is 24.3 Å². The summed E-state index contributed by atoms with van der Waals surface area (Å²) in [5, 5.41) is 2.72. The van der Waals surface area contributed by atoms with Crippen LogP contribution in [-0.4, -0.2) is 39.3 Å². The molecule has 0 aliphatic carbocycles. The van der Waals surface area contributed by atoms with E-state index >= 15 is 0 Å². The largest absolute Gasteiger partial charge is 0.343 e. The van der Waals surface area contributed by atoms with Gasteiger partial charge in [0.25, 0.3) is 0 Å². The molecule has 0 aromatic carbocycles. The van der Waals surface area contributed by atoms with Crippen LogP contribution in [0.4, 0.5) is 0 Å². The highest BCUT2D eigenvalue weighted by Crippen LogP contribution is 2.13. The number of nitrogens with zero attached hydrogens (tertiary/aromatic N) is 3. The van der Waals surface area contributed by atoms with Crippen LogP contribution in [0, 0.1) is 12.8 Å². The first-order valence-corrected chi connectivity index (χ1v) is 6.33. The summed E-state index contributed by atoms with van der Waals surface area (Å²) in [5.74, 6) is -0.112. The molecule has 1 aliphatic heterocycles. The van der Waals surface area contributed by atoms with Gasteiger partial charge in [-0.05, 0) is 12.8 Å². The van der Waals surface area contributed by atoms with Gasteiger partial charge < -0.3 is 10.2 Å². The molecule has 0 saturated carbocycles. The standard InChI is InChI=1S/C13H18N4O2/c1-8(2)12-13(19)17(7-11(18)16-12)6-10-5-14-9(3)4-15-10/h4-5,8,12H,6-7H2,1-3H3,(H,16,18). The third-order valence-corrected chi connectivity index (χ3v) is 3.08.